The molecule has 0 aromatic rings. The predicted octanol–water partition coefficient (Wildman–Crippen LogP) is 0.0998. The van der Waals surface area contributed by atoms with Gasteiger partial charge in [-0.15, -0.1) is 0 Å². The van der Waals surface area contributed by atoms with Crippen molar-refractivity contribution in [3.63, 3.8) is 0 Å². The summed E-state index contributed by atoms with van der Waals surface area (Å²) in [4.78, 5) is 6.61. The van der Waals surface area contributed by atoms with Gasteiger partial charge in [-0.05, 0) is 24.7 Å². The van der Waals surface area contributed by atoms with Gasteiger partial charge in [-0.25, -0.2) is 8.42 Å². The van der Waals surface area contributed by atoms with Gasteiger partial charge in [0, 0.05) is 39.8 Å². The van der Waals surface area contributed by atoms with Crippen LogP contribution in [0.25, 0.3) is 0 Å². The van der Waals surface area contributed by atoms with Gasteiger partial charge >= 0.3 is 0 Å². The average molecular weight is 344 g/mol. The first-order valence-electron chi connectivity index (χ1n) is 8.56. The molecular formula is C15H28N4O3S. The minimum Gasteiger partial charge on any atom is -0.379 e. The fourth-order valence-corrected chi connectivity index (χ4v) is 5.10. The normalized spacial score (nSPS) is 25.6. The lowest BCUT2D eigenvalue weighted by Crippen LogP contribution is -2.46. The van der Waals surface area contributed by atoms with Gasteiger partial charge in [-0.1, -0.05) is 6.42 Å². The Kier molecular flexibility index (Phi) is 5.13. The number of aliphatic imine (C=N–C) groups is 1. The van der Waals surface area contributed by atoms with Gasteiger partial charge in [0.1, 0.15) is 0 Å². The first-order chi connectivity index (χ1) is 11.0. The number of guanidine groups is 1. The minimum absolute atomic E-state index is 0.102. The highest BCUT2D eigenvalue weighted by Crippen LogP contribution is 2.47. The number of hydrogen-bond donors (Lipinski definition) is 1. The molecule has 2 aliphatic heterocycles. The van der Waals surface area contributed by atoms with Crippen LogP contribution < -0.4 is 5.32 Å². The molecule has 1 aliphatic carbocycles. The molecule has 7 nitrogen and oxygen atoms in total. The smallest absolute Gasteiger partial charge is 0.215 e. The van der Waals surface area contributed by atoms with E-state index >= 15 is 0 Å². The lowest BCUT2D eigenvalue weighted by molar-refractivity contribution is 0.0730. The molecule has 1 N–H and O–H groups in total. The third-order valence-corrected chi connectivity index (χ3v) is 7.24. The minimum atomic E-state index is -3.21. The fourth-order valence-electron chi connectivity index (χ4n) is 3.78. The van der Waals surface area contributed by atoms with Crippen LogP contribution in [0.4, 0.5) is 0 Å². The van der Waals surface area contributed by atoms with Crippen LogP contribution in [0, 0.1) is 5.41 Å². The van der Waals surface area contributed by atoms with Gasteiger partial charge in [0.15, 0.2) is 5.96 Å². The van der Waals surface area contributed by atoms with Crippen molar-refractivity contribution in [1.82, 2.24) is 14.5 Å². The second-order valence-corrected chi connectivity index (χ2v) is 8.92. The molecule has 3 aliphatic rings. The molecule has 2 saturated heterocycles. The Hall–Kier alpha value is -0.860. The first kappa shape index (κ1) is 17.0. The van der Waals surface area contributed by atoms with Crippen molar-refractivity contribution in [2.75, 3.05) is 58.7 Å². The van der Waals surface area contributed by atoms with Gasteiger partial charge in [0.2, 0.25) is 10.0 Å². The van der Waals surface area contributed by atoms with Crippen LogP contribution in [0.2, 0.25) is 0 Å². The summed E-state index contributed by atoms with van der Waals surface area (Å²) >= 11 is 0. The van der Waals surface area contributed by atoms with Gasteiger partial charge in [0.05, 0.1) is 19.0 Å². The maximum atomic E-state index is 12.3. The molecule has 0 aromatic carbocycles. The van der Waals surface area contributed by atoms with E-state index in [0.717, 1.165) is 19.0 Å². The molecule has 0 unspecified atom stereocenters. The summed E-state index contributed by atoms with van der Waals surface area (Å²) in [5.74, 6) is 0.941. The average Bonchev–Trinajstić information content (AvgIpc) is 2.98. The molecule has 0 bridgehead atoms. The van der Waals surface area contributed by atoms with Crippen LogP contribution >= 0.6 is 0 Å². The van der Waals surface area contributed by atoms with E-state index in [9.17, 15) is 8.42 Å². The van der Waals surface area contributed by atoms with E-state index in [0.29, 0.717) is 38.3 Å². The van der Waals surface area contributed by atoms with Crippen molar-refractivity contribution in [2.45, 2.75) is 25.7 Å². The van der Waals surface area contributed by atoms with Gasteiger partial charge < -0.3 is 15.0 Å². The number of nitrogens with one attached hydrogen (secondary N) is 1. The Bertz CT molecular complexity index is 539. The van der Waals surface area contributed by atoms with Crippen LogP contribution in [0.5, 0.6) is 0 Å². The van der Waals surface area contributed by atoms with Crippen LogP contribution in [-0.2, 0) is 14.8 Å². The van der Waals surface area contributed by atoms with Gasteiger partial charge in [0.25, 0.3) is 0 Å². The lowest BCUT2D eigenvalue weighted by atomic mass is 9.68. The number of hydrogen-bond acceptors (Lipinski definition) is 4. The molecule has 0 radical (unpaired) electrons. The molecule has 1 spiro atoms. The highest BCUT2D eigenvalue weighted by Gasteiger charge is 2.43. The maximum absolute atomic E-state index is 12.3. The third-order valence-electron chi connectivity index (χ3n) is 5.37. The molecule has 0 amide bonds. The van der Waals surface area contributed by atoms with E-state index < -0.39 is 10.0 Å². The number of morpholine rings is 1. The first-order valence-corrected chi connectivity index (χ1v) is 10.2. The summed E-state index contributed by atoms with van der Waals surface area (Å²) in [5.41, 5.74) is 0.511. The molecule has 1 saturated carbocycles. The SMILES string of the molecule is CN=C(NCCS(=O)(=O)N1CCOCC1)N1CCC2(CCC2)C1. The van der Waals surface area contributed by atoms with Crippen molar-refractivity contribution in [3.05, 3.63) is 0 Å². The molecule has 132 valence electrons. The van der Waals surface area contributed by atoms with Crippen molar-refractivity contribution in [1.29, 1.82) is 0 Å². The molecule has 3 rings (SSSR count). The molecule has 23 heavy (non-hydrogen) atoms. The zero-order valence-electron chi connectivity index (χ0n) is 14.0. The largest absolute Gasteiger partial charge is 0.379 e. The summed E-state index contributed by atoms with van der Waals surface area (Å²) in [6.07, 6.45) is 5.23. The Morgan fingerprint density at radius 3 is 2.52 bits per heavy atom. The van der Waals surface area contributed by atoms with Crippen molar-refractivity contribution < 1.29 is 13.2 Å². The van der Waals surface area contributed by atoms with Crippen LogP contribution in [0.3, 0.4) is 0 Å². The topological polar surface area (TPSA) is 74.2 Å². The molecule has 2 heterocycles. The van der Waals surface area contributed by atoms with E-state index in [1.807, 2.05) is 0 Å². The standard InChI is InChI=1S/C15H28N4O3S/c1-16-14(18-7-5-15(13-18)3-2-4-15)17-6-12-23(20,21)19-8-10-22-11-9-19/h2-13H2,1H3,(H,16,17). The number of ether oxygens (including phenoxy) is 1. The number of nitrogens with zero attached hydrogens (tertiary/aromatic N) is 3. The maximum Gasteiger partial charge on any atom is 0.215 e. The zero-order valence-corrected chi connectivity index (χ0v) is 14.8. The quantitative estimate of drug-likeness (QED) is 0.578. The van der Waals surface area contributed by atoms with Crippen LogP contribution in [-0.4, -0.2) is 82.3 Å². The number of rotatable bonds is 4. The summed E-state index contributed by atoms with van der Waals surface area (Å²) in [5, 5.41) is 3.23. The number of likely N-dealkylation sites (tertiary alicyclic amines) is 1. The molecule has 8 heteroatoms. The Morgan fingerprint density at radius 2 is 1.96 bits per heavy atom. The fraction of sp³-hybridized carbons (Fsp3) is 0.933. The Morgan fingerprint density at radius 1 is 1.22 bits per heavy atom. The Balaban J connectivity index is 1.47. The van der Waals surface area contributed by atoms with Crippen LogP contribution in [0.15, 0.2) is 4.99 Å². The van der Waals surface area contributed by atoms with Crippen molar-refractivity contribution >= 4 is 16.0 Å². The summed E-state index contributed by atoms with van der Waals surface area (Å²) in [6.45, 7) is 4.39. The van der Waals surface area contributed by atoms with E-state index in [4.69, 9.17) is 4.74 Å². The van der Waals surface area contributed by atoms with Crippen molar-refractivity contribution in [2.24, 2.45) is 10.4 Å². The van der Waals surface area contributed by atoms with Gasteiger partial charge in [-0.2, -0.15) is 4.31 Å². The van der Waals surface area contributed by atoms with E-state index in [2.05, 4.69) is 15.2 Å². The Labute approximate surface area is 139 Å². The molecule has 0 atom stereocenters. The van der Waals surface area contributed by atoms with Crippen LogP contribution in [0.1, 0.15) is 25.7 Å². The van der Waals surface area contributed by atoms with Crippen molar-refractivity contribution in [3.8, 4) is 0 Å². The molecule has 0 aromatic heterocycles. The van der Waals surface area contributed by atoms with E-state index in [1.54, 1.807) is 7.05 Å². The lowest BCUT2D eigenvalue weighted by Gasteiger charge is -2.38. The second kappa shape index (κ2) is 6.94. The highest BCUT2D eigenvalue weighted by molar-refractivity contribution is 7.89. The summed E-state index contributed by atoms with van der Waals surface area (Å²) < 4.78 is 31.4. The van der Waals surface area contributed by atoms with E-state index in [-0.39, 0.29) is 5.75 Å². The predicted molar refractivity (Wildman–Crippen MR) is 90.0 cm³/mol. The zero-order chi connectivity index (χ0) is 16.3. The third kappa shape index (κ3) is 3.80. The summed E-state index contributed by atoms with van der Waals surface area (Å²) in [7, 11) is -1.44. The molecule has 3 fully saturated rings. The van der Waals surface area contributed by atoms with Gasteiger partial charge in [-0.3, -0.25) is 4.99 Å². The second-order valence-electron chi connectivity index (χ2n) is 6.83. The monoisotopic (exact) mass is 344 g/mol. The summed E-state index contributed by atoms with van der Waals surface area (Å²) in [6, 6.07) is 0. The highest BCUT2D eigenvalue weighted by atomic mass is 32.2. The van der Waals surface area contributed by atoms with E-state index in [1.165, 1.54) is 30.0 Å². The molecular weight excluding hydrogens is 316 g/mol. The number of sulfonamides is 1.